The van der Waals surface area contributed by atoms with E-state index in [1.807, 2.05) is 0 Å². The number of aryl methyl sites for hydroxylation is 1. The van der Waals surface area contributed by atoms with Crippen LogP contribution in [0, 0.1) is 29.9 Å². The van der Waals surface area contributed by atoms with Crippen molar-refractivity contribution in [1.82, 2.24) is 4.98 Å². The van der Waals surface area contributed by atoms with E-state index in [0.29, 0.717) is 17.8 Å². The number of hydrogen-bond donors (Lipinski definition) is 1. The topological polar surface area (TPSA) is 65.8 Å². The summed E-state index contributed by atoms with van der Waals surface area (Å²) in [5.41, 5.74) is -2.12. The van der Waals surface area contributed by atoms with Gasteiger partial charge in [-0.15, -0.1) is 0 Å². The number of nitrogens with one attached hydrogen (secondary N) is 1. The van der Waals surface area contributed by atoms with Gasteiger partial charge in [-0.05, 0) is 35.0 Å². The van der Waals surface area contributed by atoms with Crippen LogP contribution in [0.5, 0.6) is 0 Å². The first kappa shape index (κ1) is 21.1. The molecule has 1 aromatic heterocycles. The van der Waals surface area contributed by atoms with Crippen LogP contribution in [0.4, 0.5) is 27.6 Å². The molecule has 0 aliphatic carbocycles. The molecule has 1 N–H and O–H groups in total. The fourth-order valence-corrected chi connectivity index (χ4v) is 3.41. The summed E-state index contributed by atoms with van der Waals surface area (Å²) in [4.78, 5) is 15.9. The van der Waals surface area contributed by atoms with Crippen molar-refractivity contribution in [3.63, 3.8) is 0 Å². The van der Waals surface area contributed by atoms with Crippen LogP contribution < -0.4 is 5.32 Å². The van der Waals surface area contributed by atoms with Crippen LogP contribution in [0.25, 0.3) is 0 Å². The predicted octanol–water partition coefficient (Wildman–Crippen LogP) is 5.05. The minimum atomic E-state index is -4.75. The van der Waals surface area contributed by atoms with Crippen molar-refractivity contribution in [2.75, 3.05) is 11.1 Å². The molecule has 1 aromatic carbocycles. The van der Waals surface area contributed by atoms with Gasteiger partial charge in [0.05, 0.1) is 22.6 Å². The number of nitriles is 1. The van der Waals surface area contributed by atoms with E-state index in [1.54, 1.807) is 0 Å². The van der Waals surface area contributed by atoms with Crippen molar-refractivity contribution in [1.29, 1.82) is 5.26 Å². The second-order valence-corrected chi connectivity index (χ2v) is 7.00. The van der Waals surface area contributed by atoms with Crippen molar-refractivity contribution in [2.45, 2.75) is 18.1 Å². The Morgan fingerprint density at radius 3 is 2.56 bits per heavy atom. The highest BCUT2D eigenvalue weighted by molar-refractivity contribution is 9.10. The van der Waals surface area contributed by atoms with Crippen LogP contribution in [0.1, 0.15) is 16.8 Å². The Kier molecular flexibility index (Phi) is 6.43. The molecule has 0 saturated heterocycles. The number of alkyl halides is 3. The number of rotatable bonds is 4. The van der Waals surface area contributed by atoms with Gasteiger partial charge in [0.2, 0.25) is 5.91 Å². The van der Waals surface area contributed by atoms with Crippen LogP contribution in [0.2, 0.25) is 0 Å². The molecule has 27 heavy (non-hydrogen) atoms. The van der Waals surface area contributed by atoms with Crippen molar-refractivity contribution in [3.8, 4) is 6.07 Å². The molecule has 0 fully saturated rings. The molecule has 1 amide bonds. The van der Waals surface area contributed by atoms with E-state index in [-0.39, 0.29) is 20.9 Å². The molecule has 0 aliphatic rings. The van der Waals surface area contributed by atoms with Gasteiger partial charge in [-0.1, -0.05) is 11.8 Å². The first-order valence-electron chi connectivity index (χ1n) is 7.09. The number of carbonyl (C=O) groups is 1. The highest BCUT2D eigenvalue weighted by Gasteiger charge is 2.35. The molecule has 0 spiro atoms. The lowest BCUT2D eigenvalue weighted by molar-refractivity contribution is -0.138. The van der Waals surface area contributed by atoms with E-state index in [2.05, 4.69) is 26.2 Å². The second kappa shape index (κ2) is 8.22. The van der Waals surface area contributed by atoms with Crippen LogP contribution in [0.15, 0.2) is 27.7 Å². The fraction of sp³-hybridized carbons (Fsp3) is 0.188. The summed E-state index contributed by atoms with van der Waals surface area (Å²) in [5, 5.41) is 11.0. The molecule has 0 radical (unpaired) electrons. The summed E-state index contributed by atoms with van der Waals surface area (Å²) >= 11 is 3.51. The monoisotopic (exact) mass is 465 g/mol. The Bertz CT molecular complexity index is 920. The van der Waals surface area contributed by atoms with Crippen LogP contribution in [-0.2, 0) is 11.0 Å². The Labute approximate surface area is 162 Å². The smallest absolute Gasteiger partial charge is 0.322 e. The molecule has 1 heterocycles. The predicted molar refractivity (Wildman–Crippen MR) is 92.1 cm³/mol. The van der Waals surface area contributed by atoms with E-state index >= 15 is 0 Å². The summed E-state index contributed by atoms with van der Waals surface area (Å²) in [7, 11) is 0. The van der Waals surface area contributed by atoms with Gasteiger partial charge in [0.1, 0.15) is 16.9 Å². The lowest BCUT2D eigenvalue weighted by Crippen LogP contribution is -2.16. The fourth-order valence-electron chi connectivity index (χ4n) is 2.05. The zero-order valence-corrected chi connectivity index (χ0v) is 15.8. The van der Waals surface area contributed by atoms with E-state index in [9.17, 15) is 26.7 Å². The highest BCUT2D eigenvalue weighted by Crippen LogP contribution is 2.36. The molecule has 0 bridgehead atoms. The lowest BCUT2D eigenvalue weighted by Gasteiger charge is -2.13. The molecule has 2 aromatic rings. The SMILES string of the molecule is Cc1cc(C(F)(F)F)c(C#N)c(SCC(=O)Nc2c(F)cc(F)cc2Br)n1. The highest BCUT2D eigenvalue weighted by atomic mass is 79.9. The third-order valence-electron chi connectivity index (χ3n) is 3.14. The average molecular weight is 466 g/mol. The Hall–Kier alpha value is -2.19. The number of pyridine rings is 1. The number of anilines is 1. The number of amides is 1. The van der Waals surface area contributed by atoms with Gasteiger partial charge in [-0.2, -0.15) is 18.4 Å². The normalized spacial score (nSPS) is 11.2. The number of benzene rings is 1. The molecule has 4 nitrogen and oxygen atoms in total. The minimum absolute atomic E-state index is 0.0246. The van der Waals surface area contributed by atoms with Crippen molar-refractivity contribution in [3.05, 3.63) is 51.1 Å². The van der Waals surface area contributed by atoms with Gasteiger partial charge in [-0.3, -0.25) is 4.79 Å². The first-order valence-corrected chi connectivity index (χ1v) is 8.87. The lowest BCUT2D eigenvalue weighted by atomic mass is 10.1. The van der Waals surface area contributed by atoms with E-state index < -0.39 is 40.6 Å². The van der Waals surface area contributed by atoms with Gasteiger partial charge in [-0.25, -0.2) is 13.8 Å². The summed E-state index contributed by atoms with van der Waals surface area (Å²) in [5.74, 6) is -3.09. The number of carbonyl (C=O) groups excluding carboxylic acids is 1. The number of nitrogens with zero attached hydrogens (tertiary/aromatic N) is 2. The standard InChI is InChI=1S/C16H9BrF5N3OS/c1-7-2-10(16(20,21)22)9(5-23)15(24-7)27-6-13(26)25-14-11(17)3-8(18)4-12(14)19/h2-4H,6H2,1H3,(H,25,26). The molecule has 2 rings (SSSR count). The second-order valence-electron chi connectivity index (χ2n) is 5.18. The van der Waals surface area contributed by atoms with E-state index in [1.165, 1.54) is 13.0 Å². The van der Waals surface area contributed by atoms with Crippen LogP contribution >= 0.6 is 27.7 Å². The number of thioether (sulfide) groups is 1. The molecular formula is C16H9BrF5N3OS. The summed E-state index contributed by atoms with van der Waals surface area (Å²) in [6.07, 6.45) is -4.75. The van der Waals surface area contributed by atoms with Crippen molar-refractivity contribution in [2.24, 2.45) is 0 Å². The van der Waals surface area contributed by atoms with Gasteiger partial charge in [0.25, 0.3) is 0 Å². The van der Waals surface area contributed by atoms with Gasteiger partial charge < -0.3 is 5.32 Å². The van der Waals surface area contributed by atoms with Crippen LogP contribution in [-0.4, -0.2) is 16.6 Å². The number of aromatic nitrogens is 1. The van der Waals surface area contributed by atoms with Gasteiger partial charge >= 0.3 is 6.18 Å². The largest absolute Gasteiger partial charge is 0.417 e. The zero-order valence-electron chi connectivity index (χ0n) is 13.4. The third-order valence-corrected chi connectivity index (χ3v) is 4.74. The zero-order chi connectivity index (χ0) is 20.4. The van der Waals surface area contributed by atoms with Gasteiger partial charge in [0, 0.05) is 16.2 Å². The summed E-state index contributed by atoms with van der Waals surface area (Å²) in [6, 6.07) is 3.71. The van der Waals surface area contributed by atoms with Gasteiger partial charge in [0.15, 0.2) is 5.82 Å². The summed E-state index contributed by atoms with van der Waals surface area (Å²) < 4.78 is 65.9. The molecule has 11 heteroatoms. The number of halogens is 6. The van der Waals surface area contributed by atoms with E-state index in [4.69, 9.17) is 5.26 Å². The summed E-state index contributed by atoms with van der Waals surface area (Å²) in [6.45, 7) is 1.32. The molecule has 0 atom stereocenters. The Morgan fingerprint density at radius 2 is 2.00 bits per heavy atom. The maximum absolute atomic E-state index is 13.7. The molecule has 0 saturated carbocycles. The third kappa shape index (κ3) is 5.17. The Morgan fingerprint density at radius 1 is 1.33 bits per heavy atom. The quantitative estimate of drug-likeness (QED) is 0.506. The maximum atomic E-state index is 13.7. The molecule has 0 aliphatic heterocycles. The van der Waals surface area contributed by atoms with Crippen molar-refractivity contribution >= 4 is 39.3 Å². The number of hydrogen-bond acceptors (Lipinski definition) is 4. The average Bonchev–Trinajstić information content (AvgIpc) is 2.54. The van der Waals surface area contributed by atoms with E-state index in [0.717, 1.165) is 12.1 Å². The molecule has 142 valence electrons. The van der Waals surface area contributed by atoms with Crippen molar-refractivity contribution < 1.29 is 26.7 Å². The first-order chi connectivity index (χ1) is 12.5. The van der Waals surface area contributed by atoms with Crippen LogP contribution in [0.3, 0.4) is 0 Å². The Balaban J connectivity index is 2.21. The minimum Gasteiger partial charge on any atom is -0.322 e. The molecular weight excluding hydrogens is 457 g/mol. The maximum Gasteiger partial charge on any atom is 0.417 e. The molecule has 0 unspecified atom stereocenters.